The molecule has 0 radical (unpaired) electrons. The second-order valence-corrected chi connectivity index (χ2v) is 7.42. The van der Waals surface area contributed by atoms with Gasteiger partial charge in [0.1, 0.15) is 0 Å². The minimum atomic E-state index is -0.135. The Labute approximate surface area is 159 Å². The molecule has 2 fully saturated rings. The van der Waals surface area contributed by atoms with Crippen LogP contribution >= 0.6 is 0 Å². The number of benzene rings is 1. The number of carbonyl (C=O) groups excluding carboxylic acids is 2. The molecule has 2 aliphatic rings. The molecule has 1 atom stereocenters. The third kappa shape index (κ3) is 4.06. The second-order valence-electron chi connectivity index (χ2n) is 7.42. The Bertz CT molecular complexity index is 788. The van der Waals surface area contributed by atoms with Crippen molar-refractivity contribution in [1.82, 2.24) is 19.7 Å². The molecular formula is C21H26N4O2. The van der Waals surface area contributed by atoms with E-state index in [0.717, 1.165) is 31.6 Å². The number of piperazine rings is 1. The number of carbonyl (C=O) groups is 2. The fourth-order valence-corrected chi connectivity index (χ4v) is 3.49. The third-order valence-corrected chi connectivity index (χ3v) is 5.47. The minimum Gasteiger partial charge on any atom is -0.352 e. The van der Waals surface area contributed by atoms with E-state index < -0.39 is 0 Å². The molecular weight excluding hydrogens is 340 g/mol. The summed E-state index contributed by atoms with van der Waals surface area (Å²) in [6.07, 6.45) is 6.17. The highest BCUT2D eigenvalue weighted by Crippen LogP contribution is 2.19. The maximum absolute atomic E-state index is 12.8. The lowest BCUT2D eigenvalue weighted by atomic mass is 10.1. The van der Waals surface area contributed by atoms with Crippen LogP contribution in [0.1, 0.15) is 30.1 Å². The maximum atomic E-state index is 12.8. The van der Waals surface area contributed by atoms with Crippen molar-refractivity contribution in [3.63, 3.8) is 0 Å². The lowest BCUT2D eigenvalue weighted by Crippen LogP contribution is -2.55. The molecule has 1 N–H and O–H groups in total. The van der Waals surface area contributed by atoms with Crippen LogP contribution in [0.2, 0.25) is 0 Å². The van der Waals surface area contributed by atoms with Crippen LogP contribution in [-0.4, -0.2) is 64.4 Å². The van der Waals surface area contributed by atoms with E-state index in [1.165, 1.54) is 0 Å². The Balaban J connectivity index is 1.32. The highest BCUT2D eigenvalue weighted by atomic mass is 16.2. The molecule has 2 aromatic rings. The van der Waals surface area contributed by atoms with Gasteiger partial charge in [-0.1, -0.05) is 0 Å². The minimum absolute atomic E-state index is 0.0591. The molecule has 1 aromatic carbocycles. The van der Waals surface area contributed by atoms with Crippen molar-refractivity contribution in [1.29, 1.82) is 0 Å². The van der Waals surface area contributed by atoms with Gasteiger partial charge in [0.15, 0.2) is 0 Å². The van der Waals surface area contributed by atoms with Gasteiger partial charge in [0, 0.05) is 55.9 Å². The summed E-state index contributed by atoms with van der Waals surface area (Å²) in [5.41, 5.74) is 1.75. The van der Waals surface area contributed by atoms with Crippen molar-refractivity contribution in [2.75, 3.05) is 26.2 Å². The summed E-state index contributed by atoms with van der Waals surface area (Å²) >= 11 is 0. The topological polar surface area (TPSA) is 57.6 Å². The number of hydrogen-bond acceptors (Lipinski definition) is 3. The van der Waals surface area contributed by atoms with E-state index in [1.807, 2.05) is 65.2 Å². The Morgan fingerprint density at radius 1 is 1.00 bits per heavy atom. The number of rotatable bonds is 5. The van der Waals surface area contributed by atoms with Gasteiger partial charge in [-0.3, -0.25) is 14.5 Å². The van der Waals surface area contributed by atoms with Gasteiger partial charge in [-0.25, -0.2) is 0 Å². The van der Waals surface area contributed by atoms with Crippen LogP contribution in [0.5, 0.6) is 0 Å². The van der Waals surface area contributed by atoms with Crippen molar-refractivity contribution >= 4 is 11.8 Å². The summed E-state index contributed by atoms with van der Waals surface area (Å²) in [7, 11) is 0. The normalized spacial score (nSPS) is 18.9. The van der Waals surface area contributed by atoms with Crippen LogP contribution < -0.4 is 5.32 Å². The Hall–Kier alpha value is -2.60. The molecule has 1 aliphatic carbocycles. The summed E-state index contributed by atoms with van der Waals surface area (Å²) in [5.74, 6) is 0.168. The average molecular weight is 366 g/mol. The number of aromatic nitrogens is 1. The van der Waals surface area contributed by atoms with Crippen LogP contribution in [-0.2, 0) is 4.79 Å². The van der Waals surface area contributed by atoms with Crippen molar-refractivity contribution in [2.45, 2.75) is 31.8 Å². The van der Waals surface area contributed by atoms with Gasteiger partial charge in [-0.2, -0.15) is 0 Å². The van der Waals surface area contributed by atoms with E-state index in [2.05, 4.69) is 10.2 Å². The molecule has 2 heterocycles. The van der Waals surface area contributed by atoms with Crippen LogP contribution in [0.4, 0.5) is 0 Å². The van der Waals surface area contributed by atoms with E-state index in [-0.39, 0.29) is 17.9 Å². The zero-order valence-corrected chi connectivity index (χ0v) is 15.7. The molecule has 0 spiro atoms. The first-order valence-electron chi connectivity index (χ1n) is 9.69. The first-order valence-corrected chi connectivity index (χ1v) is 9.69. The first kappa shape index (κ1) is 17.8. The summed E-state index contributed by atoms with van der Waals surface area (Å²) in [6, 6.07) is 11.9. The number of amides is 2. The highest BCUT2D eigenvalue weighted by molar-refractivity contribution is 5.94. The molecule has 1 aromatic heterocycles. The second kappa shape index (κ2) is 7.56. The van der Waals surface area contributed by atoms with Crippen molar-refractivity contribution < 1.29 is 9.59 Å². The Kier molecular flexibility index (Phi) is 4.99. The Morgan fingerprint density at radius 2 is 1.63 bits per heavy atom. The van der Waals surface area contributed by atoms with E-state index in [4.69, 9.17) is 0 Å². The summed E-state index contributed by atoms with van der Waals surface area (Å²) in [5, 5.41) is 3.06. The molecule has 142 valence electrons. The van der Waals surface area contributed by atoms with Gasteiger partial charge >= 0.3 is 0 Å². The average Bonchev–Trinajstić information content (AvgIpc) is 3.35. The molecule has 6 heteroatoms. The van der Waals surface area contributed by atoms with Gasteiger partial charge in [-0.05, 0) is 56.2 Å². The predicted molar refractivity (Wildman–Crippen MR) is 104 cm³/mol. The molecule has 1 saturated carbocycles. The quantitative estimate of drug-likeness (QED) is 0.879. The van der Waals surface area contributed by atoms with Crippen LogP contribution in [0.3, 0.4) is 0 Å². The van der Waals surface area contributed by atoms with E-state index in [1.54, 1.807) is 0 Å². The standard InChI is InChI=1S/C21H26N4O2/c1-16(20(26)22-18-6-7-18)23-12-14-25(15-13-23)21(27)17-4-8-19(9-5-17)24-10-2-3-11-24/h2-5,8-11,16,18H,6-7,12-15H2,1H3,(H,22,26)/t16-/m1/s1. The zero-order chi connectivity index (χ0) is 18.8. The van der Waals surface area contributed by atoms with Gasteiger partial charge in [0.25, 0.3) is 5.91 Å². The summed E-state index contributed by atoms with van der Waals surface area (Å²) in [4.78, 5) is 29.1. The lowest BCUT2D eigenvalue weighted by molar-refractivity contribution is -0.126. The molecule has 4 rings (SSSR count). The van der Waals surface area contributed by atoms with E-state index in [0.29, 0.717) is 24.7 Å². The molecule has 27 heavy (non-hydrogen) atoms. The number of nitrogens with zero attached hydrogens (tertiary/aromatic N) is 3. The van der Waals surface area contributed by atoms with Gasteiger partial charge in [0.05, 0.1) is 6.04 Å². The van der Waals surface area contributed by atoms with Crippen molar-refractivity contribution in [3.8, 4) is 5.69 Å². The first-order chi connectivity index (χ1) is 13.1. The monoisotopic (exact) mass is 366 g/mol. The van der Waals surface area contributed by atoms with Gasteiger partial charge < -0.3 is 14.8 Å². The Morgan fingerprint density at radius 3 is 2.22 bits per heavy atom. The van der Waals surface area contributed by atoms with Gasteiger partial charge in [0.2, 0.25) is 5.91 Å². The van der Waals surface area contributed by atoms with Crippen molar-refractivity contribution in [2.24, 2.45) is 0 Å². The smallest absolute Gasteiger partial charge is 0.253 e. The zero-order valence-electron chi connectivity index (χ0n) is 15.7. The van der Waals surface area contributed by atoms with Crippen molar-refractivity contribution in [3.05, 3.63) is 54.4 Å². The maximum Gasteiger partial charge on any atom is 0.253 e. The largest absolute Gasteiger partial charge is 0.352 e. The summed E-state index contributed by atoms with van der Waals surface area (Å²) < 4.78 is 2.01. The van der Waals surface area contributed by atoms with Gasteiger partial charge in [-0.15, -0.1) is 0 Å². The predicted octanol–water partition coefficient (Wildman–Crippen LogP) is 1.90. The third-order valence-electron chi connectivity index (χ3n) is 5.47. The van der Waals surface area contributed by atoms with Crippen LogP contribution in [0, 0.1) is 0 Å². The van der Waals surface area contributed by atoms with Crippen LogP contribution in [0.25, 0.3) is 5.69 Å². The lowest BCUT2D eigenvalue weighted by Gasteiger charge is -2.37. The fraction of sp³-hybridized carbons (Fsp3) is 0.429. The summed E-state index contributed by atoms with van der Waals surface area (Å²) in [6.45, 7) is 4.71. The molecule has 1 saturated heterocycles. The molecule has 0 bridgehead atoms. The number of hydrogen-bond donors (Lipinski definition) is 1. The highest BCUT2D eigenvalue weighted by Gasteiger charge is 2.31. The van der Waals surface area contributed by atoms with E-state index >= 15 is 0 Å². The van der Waals surface area contributed by atoms with Crippen LogP contribution in [0.15, 0.2) is 48.8 Å². The SMILES string of the molecule is C[C@H](C(=O)NC1CC1)N1CCN(C(=O)c2ccc(-n3cccc3)cc2)CC1. The molecule has 2 amide bonds. The van der Waals surface area contributed by atoms with E-state index in [9.17, 15) is 9.59 Å². The molecule has 1 aliphatic heterocycles. The molecule has 0 unspecified atom stereocenters. The fourth-order valence-electron chi connectivity index (χ4n) is 3.49. The number of nitrogens with one attached hydrogen (secondary N) is 1. The molecule has 6 nitrogen and oxygen atoms in total.